The molecule has 2 aromatic rings. The lowest BCUT2D eigenvalue weighted by atomic mass is 10.2. The Morgan fingerprint density at radius 2 is 1.94 bits per heavy atom. The van der Waals surface area contributed by atoms with Crippen LogP contribution in [-0.2, 0) is 0 Å². The van der Waals surface area contributed by atoms with Crippen LogP contribution in [0.2, 0.25) is 0 Å². The van der Waals surface area contributed by atoms with Gasteiger partial charge in [-0.05, 0) is 37.7 Å². The van der Waals surface area contributed by atoms with Gasteiger partial charge in [-0.1, -0.05) is 0 Å². The first-order valence-electron chi connectivity index (χ1n) is 5.25. The largest absolute Gasteiger partial charge is 0.395 e. The van der Waals surface area contributed by atoms with Crippen LogP contribution in [0.5, 0.6) is 0 Å². The molecule has 0 aliphatic rings. The maximum atomic E-state index is 8.90. The van der Waals surface area contributed by atoms with Gasteiger partial charge in [0.05, 0.1) is 11.3 Å². The Bertz CT molecular complexity index is 613. The Kier molecular flexibility index (Phi) is 3.44. The number of anilines is 1. The second kappa shape index (κ2) is 5.02. The van der Waals surface area contributed by atoms with Gasteiger partial charge in [-0.2, -0.15) is 5.26 Å². The maximum Gasteiger partial charge on any atom is 0.194 e. The molecule has 18 heavy (non-hydrogen) atoms. The standard InChI is InChI=1S/C12H11N5S/c1-7-5-8(2)17-12(16-7)18-11-10(14)9(6-13)3-4-15-11/h3-5H,14H2,1-2H3. The molecule has 2 rings (SSSR count). The SMILES string of the molecule is Cc1cc(C)nc(Sc2nccc(C#N)c2N)n1. The van der Waals surface area contributed by atoms with E-state index in [1.807, 2.05) is 26.0 Å². The van der Waals surface area contributed by atoms with Crippen LogP contribution in [0.4, 0.5) is 5.69 Å². The smallest absolute Gasteiger partial charge is 0.194 e. The Balaban J connectivity index is 2.37. The van der Waals surface area contributed by atoms with Crippen molar-refractivity contribution in [1.29, 1.82) is 5.26 Å². The van der Waals surface area contributed by atoms with E-state index in [0.717, 1.165) is 11.4 Å². The van der Waals surface area contributed by atoms with E-state index in [1.54, 1.807) is 12.3 Å². The van der Waals surface area contributed by atoms with E-state index >= 15 is 0 Å². The summed E-state index contributed by atoms with van der Waals surface area (Å²) in [6, 6.07) is 5.51. The van der Waals surface area contributed by atoms with Crippen molar-refractivity contribution < 1.29 is 0 Å². The van der Waals surface area contributed by atoms with Crippen molar-refractivity contribution in [3.63, 3.8) is 0 Å². The number of rotatable bonds is 2. The molecular weight excluding hydrogens is 246 g/mol. The molecule has 0 amide bonds. The number of nitrogens with zero attached hydrogens (tertiary/aromatic N) is 4. The minimum atomic E-state index is 0.368. The number of pyridine rings is 1. The lowest BCUT2D eigenvalue weighted by molar-refractivity contribution is 0.899. The number of nitrogen functional groups attached to an aromatic ring is 1. The quantitative estimate of drug-likeness (QED) is 0.829. The highest BCUT2D eigenvalue weighted by molar-refractivity contribution is 7.99. The summed E-state index contributed by atoms with van der Waals surface area (Å²) in [5, 5.41) is 10.0. The van der Waals surface area contributed by atoms with Crippen molar-refractivity contribution in [2.45, 2.75) is 24.0 Å². The fraction of sp³-hybridized carbons (Fsp3) is 0.167. The first-order chi connectivity index (χ1) is 8.60. The first-order valence-corrected chi connectivity index (χ1v) is 6.06. The second-order valence-corrected chi connectivity index (χ2v) is 4.68. The van der Waals surface area contributed by atoms with Gasteiger partial charge >= 0.3 is 0 Å². The number of nitriles is 1. The molecule has 0 fully saturated rings. The van der Waals surface area contributed by atoms with E-state index < -0.39 is 0 Å². The Labute approximate surface area is 109 Å². The van der Waals surface area contributed by atoms with Crippen LogP contribution in [0.3, 0.4) is 0 Å². The van der Waals surface area contributed by atoms with Gasteiger partial charge in [0.15, 0.2) is 5.16 Å². The zero-order valence-corrected chi connectivity index (χ0v) is 10.8. The van der Waals surface area contributed by atoms with Gasteiger partial charge < -0.3 is 5.73 Å². The average Bonchev–Trinajstić information content (AvgIpc) is 2.30. The highest BCUT2D eigenvalue weighted by Gasteiger charge is 2.10. The average molecular weight is 257 g/mol. The third-order valence-corrected chi connectivity index (χ3v) is 3.11. The second-order valence-electron chi connectivity index (χ2n) is 3.72. The third-order valence-electron chi connectivity index (χ3n) is 2.22. The normalized spacial score (nSPS) is 10.1. The summed E-state index contributed by atoms with van der Waals surface area (Å²) >= 11 is 1.26. The van der Waals surface area contributed by atoms with Gasteiger partial charge in [0.25, 0.3) is 0 Å². The monoisotopic (exact) mass is 257 g/mol. The predicted octanol–water partition coefficient (Wildman–Crippen LogP) is 2.09. The maximum absolute atomic E-state index is 8.90. The molecule has 0 bridgehead atoms. The summed E-state index contributed by atoms with van der Waals surface area (Å²) in [6.45, 7) is 3.81. The fourth-order valence-electron chi connectivity index (χ4n) is 1.46. The number of aryl methyl sites for hydroxylation is 2. The number of nitrogens with two attached hydrogens (primary N) is 1. The summed E-state index contributed by atoms with van der Waals surface area (Å²) < 4.78 is 0. The van der Waals surface area contributed by atoms with Gasteiger partial charge in [-0.15, -0.1) is 0 Å². The molecule has 0 saturated heterocycles. The van der Waals surface area contributed by atoms with Crippen molar-refractivity contribution in [3.8, 4) is 6.07 Å². The summed E-state index contributed by atoms with van der Waals surface area (Å²) in [4.78, 5) is 12.7. The Hall–Kier alpha value is -2.13. The molecule has 0 unspecified atom stereocenters. The van der Waals surface area contributed by atoms with Gasteiger partial charge in [-0.25, -0.2) is 15.0 Å². The van der Waals surface area contributed by atoms with Crippen LogP contribution in [0.15, 0.2) is 28.5 Å². The molecule has 6 heteroatoms. The lowest BCUT2D eigenvalue weighted by Crippen LogP contribution is -1.98. The van der Waals surface area contributed by atoms with Crippen LogP contribution in [-0.4, -0.2) is 15.0 Å². The van der Waals surface area contributed by atoms with Crippen LogP contribution in [0.1, 0.15) is 17.0 Å². The van der Waals surface area contributed by atoms with Crippen molar-refractivity contribution in [2.24, 2.45) is 0 Å². The molecule has 90 valence electrons. The highest BCUT2D eigenvalue weighted by atomic mass is 32.2. The first kappa shape index (κ1) is 12.3. The van der Waals surface area contributed by atoms with Gasteiger partial charge in [0.1, 0.15) is 11.1 Å². The van der Waals surface area contributed by atoms with E-state index in [1.165, 1.54) is 11.8 Å². The Morgan fingerprint density at radius 1 is 1.28 bits per heavy atom. The molecule has 5 nitrogen and oxygen atoms in total. The van der Waals surface area contributed by atoms with Gasteiger partial charge in [0.2, 0.25) is 0 Å². The summed E-state index contributed by atoms with van der Waals surface area (Å²) in [5.74, 6) is 0. The van der Waals surface area contributed by atoms with Crippen LogP contribution in [0.25, 0.3) is 0 Å². The molecule has 2 aromatic heterocycles. The fourth-order valence-corrected chi connectivity index (χ4v) is 2.34. The summed E-state index contributed by atoms with van der Waals surface area (Å²) in [6.07, 6.45) is 1.56. The van der Waals surface area contributed by atoms with Crippen molar-refractivity contribution >= 4 is 17.4 Å². The number of hydrogen-bond donors (Lipinski definition) is 1. The van der Waals surface area contributed by atoms with Gasteiger partial charge in [-0.3, -0.25) is 0 Å². The van der Waals surface area contributed by atoms with Crippen molar-refractivity contribution in [1.82, 2.24) is 15.0 Å². The van der Waals surface area contributed by atoms with Gasteiger partial charge in [0, 0.05) is 17.6 Å². The minimum Gasteiger partial charge on any atom is -0.395 e. The molecule has 0 radical (unpaired) electrons. The molecule has 0 aliphatic carbocycles. The Morgan fingerprint density at radius 3 is 2.56 bits per heavy atom. The summed E-state index contributed by atoms with van der Waals surface area (Å²) in [5.41, 5.74) is 8.42. The molecule has 0 aliphatic heterocycles. The lowest BCUT2D eigenvalue weighted by Gasteiger charge is -2.05. The third kappa shape index (κ3) is 2.57. The minimum absolute atomic E-state index is 0.368. The number of aromatic nitrogens is 3. The predicted molar refractivity (Wildman–Crippen MR) is 69.0 cm³/mol. The molecule has 2 N–H and O–H groups in total. The van der Waals surface area contributed by atoms with Crippen molar-refractivity contribution in [3.05, 3.63) is 35.3 Å². The van der Waals surface area contributed by atoms with E-state index in [4.69, 9.17) is 11.0 Å². The zero-order valence-electron chi connectivity index (χ0n) is 10.0. The van der Waals surface area contributed by atoms with E-state index in [9.17, 15) is 0 Å². The summed E-state index contributed by atoms with van der Waals surface area (Å²) in [7, 11) is 0. The van der Waals surface area contributed by atoms with E-state index in [-0.39, 0.29) is 0 Å². The highest BCUT2D eigenvalue weighted by Crippen LogP contribution is 2.29. The molecule has 0 spiro atoms. The van der Waals surface area contributed by atoms with E-state index in [2.05, 4.69) is 15.0 Å². The van der Waals surface area contributed by atoms with Crippen molar-refractivity contribution in [2.75, 3.05) is 5.73 Å². The van der Waals surface area contributed by atoms with Crippen LogP contribution >= 0.6 is 11.8 Å². The van der Waals surface area contributed by atoms with Crippen LogP contribution < -0.4 is 5.73 Å². The topological polar surface area (TPSA) is 88.5 Å². The molecule has 0 saturated carbocycles. The molecule has 0 atom stereocenters. The molecular formula is C12H11N5S. The van der Waals surface area contributed by atoms with Crippen LogP contribution in [0, 0.1) is 25.2 Å². The molecule has 0 aromatic carbocycles. The molecule has 2 heterocycles. The number of hydrogen-bond acceptors (Lipinski definition) is 6. The van der Waals surface area contributed by atoms with E-state index in [0.29, 0.717) is 21.4 Å². The zero-order chi connectivity index (χ0) is 13.1.